The molecule has 0 radical (unpaired) electrons. The second-order valence-electron chi connectivity index (χ2n) is 5.69. The summed E-state index contributed by atoms with van der Waals surface area (Å²) in [5.74, 6) is -1.07. The van der Waals surface area contributed by atoms with Crippen LogP contribution in [0.1, 0.15) is 46.0 Å². The Morgan fingerprint density at radius 2 is 2.05 bits per heavy atom. The Labute approximate surface area is 121 Å². The summed E-state index contributed by atoms with van der Waals surface area (Å²) in [5, 5.41) is 11.8. The zero-order chi connectivity index (χ0) is 15.1. The van der Waals surface area contributed by atoms with Gasteiger partial charge in [0.15, 0.2) is 0 Å². The van der Waals surface area contributed by atoms with Crippen LogP contribution in [-0.2, 0) is 4.79 Å². The lowest BCUT2D eigenvalue weighted by Gasteiger charge is -2.24. The Bertz CT molecular complexity index is 353. The minimum absolute atomic E-state index is 0.0359. The average molecular weight is 282 g/mol. The van der Waals surface area contributed by atoms with Crippen LogP contribution in [-0.4, -0.2) is 40.6 Å². The lowest BCUT2D eigenvalue weighted by molar-refractivity contribution is -0.141. The van der Waals surface area contributed by atoms with Gasteiger partial charge in [-0.25, -0.2) is 4.79 Å². The molecule has 0 aromatic heterocycles. The number of aliphatic carboxylic acids is 1. The molecule has 0 aromatic carbocycles. The first-order valence-electron chi connectivity index (χ1n) is 7.36. The molecule has 0 saturated heterocycles. The van der Waals surface area contributed by atoms with Crippen molar-refractivity contribution in [1.82, 2.24) is 10.2 Å². The molecule has 0 spiro atoms. The first-order chi connectivity index (χ1) is 9.45. The summed E-state index contributed by atoms with van der Waals surface area (Å²) in [6, 6.07) is 0.396. The molecule has 5 nitrogen and oxygen atoms in total. The molecule has 1 aliphatic carbocycles. The molecule has 0 aromatic rings. The maximum Gasteiger partial charge on any atom is 0.318 e. The fourth-order valence-corrected chi connectivity index (χ4v) is 2.14. The number of carbonyl (C=O) groups excluding carboxylic acids is 1. The summed E-state index contributed by atoms with van der Waals surface area (Å²) < 4.78 is 0. The van der Waals surface area contributed by atoms with Crippen molar-refractivity contribution in [3.05, 3.63) is 12.7 Å². The summed E-state index contributed by atoms with van der Waals surface area (Å²) in [7, 11) is 0. The third kappa shape index (κ3) is 5.63. The second kappa shape index (κ2) is 7.92. The van der Waals surface area contributed by atoms with Gasteiger partial charge in [0.05, 0.1) is 5.92 Å². The number of rotatable bonds is 9. The van der Waals surface area contributed by atoms with E-state index in [1.54, 1.807) is 13.0 Å². The molecule has 114 valence electrons. The maximum absolute atomic E-state index is 12.1. The van der Waals surface area contributed by atoms with Crippen LogP contribution in [0.15, 0.2) is 12.7 Å². The van der Waals surface area contributed by atoms with Crippen LogP contribution in [0.3, 0.4) is 0 Å². The molecule has 5 heteroatoms. The predicted molar refractivity (Wildman–Crippen MR) is 78.6 cm³/mol. The molecule has 0 heterocycles. The first kappa shape index (κ1) is 16.5. The third-order valence-electron chi connectivity index (χ3n) is 3.64. The van der Waals surface area contributed by atoms with E-state index < -0.39 is 5.97 Å². The lowest BCUT2D eigenvalue weighted by atomic mass is 10.0. The Morgan fingerprint density at radius 3 is 2.55 bits per heavy atom. The van der Waals surface area contributed by atoms with Crippen LogP contribution >= 0.6 is 0 Å². The van der Waals surface area contributed by atoms with E-state index in [4.69, 9.17) is 5.11 Å². The monoisotopic (exact) mass is 282 g/mol. The highest BCUT2D eigenvalue weighted by atomic mass is 16.4. The van der Waals surface area contributed by atoms with Crippen molar-refractivity contribution in [3.8, 4) is 0 Å². The van der Waals surface area contributed by atoms with Gasteiger partial charge < -0.3 is 15.3 Å². The maximum atomic E-state index is 12.1. The van der Waals surface area contributed by atoms with Gasteiger partial charge >= 0.3 is 12.0 Å². The van der Waals surface area contributed by atoms with Gasteiger partial charge in [-0.2, -0.15) is 0 Å². The number of hydrogen-bond donors (Lipinski definition) is 2. The third-order valence-corrected chi connectivity index (χ3v) is 3.64. The summed E-state index contributed by atoms with van der Waals surface area (Å²) in [4.78, 5) is 24.6. The van der Waals surface area contributed by atoms with Crippen LogP contribution in [0.5, 0.6) is 0 Å². The molecule has 2 N–H and O–H groups in total. The number of hydrogen-bond acceptors (Lipinski definition) is 2. The van der Waals surface area contributed by atoms with Crippen molar-refractivity contribution in [2.24, 2.45) is 5.92 Å². The number of nitrogens with zero attached hydrogens (tertiary/aromatic N) is 1. The Kier molecular flexibility index (Phi) is 6.55. The smallest absolute Gasteiger partial charge is 0.318 e. The largest absolute Gasteiger partial charge is 0.481 e. The van der Waals surface area contributed by atoms with E-state index in [9.17, 15) is 9.59 Å². The van der Waals surface area contributed by atoms with Crippen molar-refractivity contribution >= 4 is 12.0 Å². The first-order valence-corrected chi connectivity index (χ1v) is 7.36. The minimum atomic E-state index is -0.757. The van der Waals surface area contributed by atoms with Gasteiger partial charge in [0.1, 0.15) is 0 Å². The van der Waals surface area contributed by atoms with E-state index in [0.717, 1.165) is 25.7 Å². The molecular weight excluding hydrogens is 256 g/mol. The van der Waals surface area contributed by atoms with E-state index in [-0.39, 0.29) is 18.0 Å². The number of amides is 2. The SMILES string of the molecule is C=CCN(C(=O)NC(C)CCCC(C)C(=O)O)C1CC1. The standard InChI is InChI=1S/C15H26N2O3/c1-4-10-17(13-8-9-13)15(20)16-12(3)7-5-6-11(2)14(18)19/h4,11-13H,1,5-10H2,2-3H3,(H,16,20)(H,18,19). The summed E-state index contributed by atoms with van der Waals surface area (Å²) >= 11 is 0. The number of carbonyl (C=O) groups is 2. The van der Waals surface area contributed by atoms with Gasteiger partial charge in [-0.15, -0.1) is 6.58 Å². The summed E-state index contributed by atoms with van der Waals surface area (Å²) in [6.07, 6.45) is 6.15. The zero-order valence-electron chi connectivity index (χ0n) is 12.5. The van der Waals surface area contributed by atoms with Crippen LogP contribution in [0, 0.1) is 5.92 Å². The van der Waals surface area contributed by atoms with Crippen LogP contribution < -0.4 is 5.32 Å². The quantitative estimate of drug-likeness (QED) is 0.639. The van der Waals surface area contributed by atoms with E-state index in [1.165, 1.54) is 0 Å². The topological polar surface area (TPSA) is 69.6 Å². The molecule has 0 bridgehead atoms. The molecule has 1 rings (SSSR count). The minimum Gasteiger partial charge on any atom is -0.481 e. The highest BCUT2D eigenvalue weighted by molar-refractivity contribution is 5.75. The van der Waals surface area contributed by atoms with Gasteiger partial charge in [-0.3, -0.25) is 4.79 Å². The van der Waals surface area contributed by atoms with Crippen molar-refractivity contribution in [2.45, 2.75) is 58.0 Å². The van der Waals surface area contributed by atoms with Gasteiger partial charge in [-0.05, 0) is 32.6 Å². The van der Waals surface area contributed by atoms with Crippen LogP contribution in [0.4, 0.5) is 4.79 Å². The number of urea groups is 1. The Balaban J connectivity index is 2.26. The zero-order valence-corrected chi connectivity index (χ0v) is 12.5. The fraction of sp³-hybridized carbons (Fsp3) is 0.733. The molecule has 1 saturated carbocycles. The number of nitrogens with one attached hydrogen (secondary N) is 1. The van der Waals surface area contributed by atoms with E-state index >= 15 is 0 Å². The molecule has 2 amide bonds. The van der Waals surface area contributed by atoms with Gasteiger partial charge in [0, 0.05) is 18.6 Å². The molecule has 0 aliphatic heterocycles. The van der Waals surface area contributed by atoms with E-state index in [1.807, 2.05) is 11.8 Å². The van der Waals surface area contributed by atoms with Crippen LogP contribution in [0.25, 0.3) is 0 Å². The van der Waals surface area contributed by atoms with Crippen molar-refractivity contribution in [1.29, 1.82) is 0 Å². The Morgan fingerprint density at radius 1 is 1.40 bits per heavy atom. The molecule has 1 aliphatic rings. The average Bonchev–Trinajstić information content (AvgIpc) is 3.19. The molecule has 20 heavy (non-hydrogen) atoms. The fourth-order valence-electron chi connectivity index (χ4n) is 2.14. The molecule has 1 fully saturated rings. The van der Waals surface area contributed by atoms with Gasteiger partial charge in [-0.1, -0.05) is 19.4 Å². The normalized spacial score (nSPS) is 17.1. The Hall–Kier alpha value is -1.52. The predicted octanol–water partition coefficient (Wildman–Crippen LogP) is 2.63. The van der Waals surface area contributed by atoms with E-state index in [2.05, 4.69) is 11.9 Å². The highest BCUT2D eigenvalue weighted by Gasteiger charge is 2.32. The lowest BCUT2D eigenvalue weighted by Crippen LogP contribution is -2.45. The molecular formula is C15H26N2O3. The van der Waals surface area contributed by atoms with Crippen LogP contribution in [0.2, 0.25) is 0 Å². The molecule has 2 unspecified atom stereocenters. The van der Waals surface area contributed by atoms with Gasteiger partial charge in [0.25, 0.3) is 0 Å². The van der Waals surface area contributed by atoms with E-state index in [0.29, 0.717) is 19.0 Å². The highest BCUT2D eigenvalue weighted by Crippen LogP contribution is 2.26. The van der Waals surface area contributed by atoms with Crippen molar-refractivity contribution < 1.29 is 14.7 Å². The van der Waals surface area contributed by atoms with Crippen molar-refractivity contribution in [2.75, 3.05) is 6.54 Å². The van der Waals surface area contributed by atoms with Crippen molar-refractivity contribution in [3.63, 3.8) is 0 Å². The summed E-state index contributed by atoms with van der Waals surface area (Å²) in [6.45, 7) is 7.94. The second-order valence-corrected chi connectivity index (χ2v) is 5.69. The number of carboxylic acid groups (broad SMARTS) is 1. The molecule has 2 atom stereocenters. The van der Waals surface area contributed by atoms with Gasteiger partial charge in [0.2, 0.25) is 0 Å². The number of carboxylic acids is 1. The summed E-state index contributed by atoms with van der Waals surface area (Å²) in [5.41, 5.74) is 0.